The number of phenolic OH excluding ortho intramolecular Hbond substituents is 1. The van der Waals surface area contributed by atoms with Gasteiger partial charge >= 0.3 is 0 Å². The summed E-state index contributed by atoms with van der Waals surface area (Å²) in [5.41, 5.74) is 7.60. The Hall–Kier alpha value is -1.10. The molecule has 4 heteroatoms. The first kappa shape index (κ1) is 14.3. The zero-order chi connectivity index (χ0) is 13.8. The van der Waals surface area contributed by atoms with Crippen molar-refractivity contribution < 1.29 is 5.11 Å². The van der Waals surface area contributed by atoms with Gasteiger partial charge in [-0.15, -0.1) is 0 Å². The molecule has 2 rings (SSSR count). The molecule has 0 spiro atoms. The van der Waals surface area contributed by atoms with Gasteiger partial charge in [0.2, 0.25) is 0 Å². The van der Waals surface area contributed by atoms with Crippen molar-refractivity contribution in [3.05, 3.63) is 29.8 Å². The molecule has 0 radical (unpaired) electrons. The molecule has 3 N–H and O–H groups in total. The van der Waals surface area contributed by atoms with E-state index in [0.717, 1.165) is 26.1 Å². The van der Waals surface area contributed by atoms with Gasteiger partial charge in [-0.2, -0.15) is 0 Å². The second kappa shape index (κ2) is 6.37. The van der Waals surface area contributed by atoms with E-state index in [0.29, 0.717) is 11.8 Å². The molecule has 4 nitrogen and oxygen atoms in total. The smallest absolute Gasteiger partial charge is 0.115 e. The minimum atomic E-state index is 0.120. The minimum absolute atomic E-state index is 0.120. The number of phenols is 1. The van der Waals surface area contributed by atoms with Gasteiger partial charge in [0.05, 0.1) is 0 Å². The molecule has 0 aliphatic carbocycles. The van der Waals surface area contributed by atoms with E-state index in [1.807, 2.05) is 12.1 Å². The number of benzene rings is 1. The Kier molecular flexibility index (Phi) is 4.80. The Labute approximate surface area is 115 Å². The van der Waals surface area contributed by atoms with Crippen LogP contribution in [0.2, 0.25) is 0 Å². The van der Waals surface area contributed by atoms with E-state index >= 15 is 0 Å². The molecule has 1 aliphatic heterocycles. The van der Waals surface area contributed by atoms with Gasteiger partial charge < -0.3 is 20.6 Å². The Bertz CT molecular complexity index is 393. The Morgan fingerprint density at radius 2 is 1.95 bits per heavy atom. The number of nitrogens with zero attached hydrogens (tertiary/aromatic N) is 2. The fraction of sp³-hybridized carbons (Fsp3) is 0.600. The van der Waals surface area contributed by atoms with Gasteiger partial charge in [0.15, 0.2) is 0 Å². The van der Waals surface area contributed by atoms with Gasteiger partial charge in [-0.05, 0) is 57.7 Å². The second-order valence-electron chi connectivity index (χ2n) is 5.70. The van der Waals surface area contributed by atoms with Crippen molar-refractivity contribution in [1.82, 2.24) is 9.80 Å². The zero-order valence-electron chi connectivity index (χ0n) is 11.9. The lowest BCUT2D eigenvalue weighted by atomic mass is 9.99. The van der Waals surface area contributed by atoms with E-state index in [1.54, 1.807) is 12.1 Å². The molecular formula is C15H25N3O. The first-order chi connectivity index (χ1) is 9.06. The fourth-order valence-corrected chi connectivity index (χ4v) is 2.81. The van der Waals surface area contributed by atoms with Crippen LogP contribution in [-0.4, -0.2) is 60.7 Å². The average molecular weight is 263 g/mol. The van der Waals surface area contributed by atoms with Crippen molar-refractivity contribution >= 4 is 0 Å². The highest BCUT2D eigenvalue weighted by molar-refractivity contribution is 5.26. The van der Waals surface area contributed by atoms with Crippen LogP contribution in [0.25, 0.3) is 0 Å². The van der Waals surface area contributed by atoms with Crippen molar-refractivity contribution in [2.75, 3.05) is 33.7 Å². The van der Waals surface area contributed by atoms with Crippen LogP contribution in [0.5, 0.6) is 5.75 Å². The van der Waals surface area contributed by atoms with Gasteiger partial charge in [-0.25, -0.2) is 0 Å². The Balaban J connectivity index is 2.00. The largest absolute Gasteiger partial charge is 0.508 e. The predicted octanol–water partition coefficient (Wildman–Crippen LogP) is 0.898. The summed E-state index contributed by atoms with van der Waals surface area (Å²) in [6.45, 7) is 3.28. The van der Waals surface area contributed by atoms with E-state index in [-0.39, 0.29) is 6.04 Å². The van der Waals surface area contributed by atoms with Crippen LogP contribution in [0.3, 0.4) is 0 Å². The van der Waals surface area contributed by atoms with E-state index in [4.69, 9.17) is 5.73 Å². The maximum Gasteiger partial charge on any atom is 0.115 e. The molecule has 1 heterocycles. The van der Waals surface area contributed by atoms with Crippen molar-refractivity contribution in [3.8, 4) is 5.75 Å². The van der Waals surface area contributed by atoms with Crippen LogP contribution < -0.4 is 5.73 Å². The SMILES string of the molecule is CN1CCCN(C)C(C(N)Cc2ccc(O)cc2)C1. The van der Waals surface area contributed by atoms with Crippen molar-refractivity contribution in [2.24, 2.45) is 5.73 Å². The van der Waals surface area contributed by atoms with Crippen molar-refractivity contribution in [2.45, 2.75) is 24.9 Å². The normalized spacial score (nSPS) is 24.1. The van der Waals surface area contributed by atoms with Gasteiger partial charge in [0, 0.05) is 18.6 Å². The molecule has 0 aromatic heterocycles. The third kappa shape index (κ3) is 3.93. The molecular weight excluding hydrogens is 238 g/mol. The molecule has 0 bridgehead atoms. The third-order valence-corrected chi connectivity index (χ3v) is 4.02. The molecule has 0 saturated carbocycles. The quantitative estimate of drug-likeness (QED) is 0.851. The third-order valence-electron chi connectivity index (χ3n) is 4.02. The predicted molar refractivity (Wildman–Crippen MR) is 78.3 cm³/mol. The maximum atomic E-state index is 9.31. The van der Waals surface area contributed by atoms with E-state index < -0.39 is 0 Å². The van der Waals surface area contributed by atoms with Gasteiger partial charge in [0.1, 0.15) is 5.75 Å². The zero-order valence-corrected chi connectivity index (χ0v) is 11.9. The molecule has 1 aromatic rings. The van der Waals surface area contributed by atoms with E-state index in [1.165, 1.54) is 12.0 Å². The second-order valence-corrected chi connectivity index (χ2v) is 5.70. The topological polar surface area (TPSA) is 52.7 Å². The summed E-state index contributed by atoms with van der Waals surface area (Å²) in [6, 6.07) is 7.87. The molecule has 19 heavy (non-hydrogen) atoms. The first-order valence-corrected chi connectivity index (χ1v) is 6.98. The summed E-state index contributed by atoms with van der Waals surface area (Å²) in [4.78, 5) is 4.75. The summed E-state index contributed by atoms with van der Waals surface area (Å²) in [7, 11) is 4.33. The molecule has 2 unspecified atom stereocenters. The maximum absolute atomic E-state index is 9.31. The van der Waals surface area contributed by atoms with Gasteiger partial charge in [0.25, 0.3) is 0 Å². The number of nitrogens with two attached hydrogens (primary N) is 1. The van der Waals surface area contributed by atoms with Gasteiger partial charge in [-0.3, -0.25) is 0 Å². The lowest BCUT2D eigenvalue weighted by Gasteiger charge is -2.32. The van der Waals surface area contributed by atoms with Gasteiger partial charge in [-0.1, -0.05) is 12.1 Å². The van der Waals surface area contributed by atoms with Crippen LogP contribution >= 0.6 is 0 Å². The lowest BCUT2D eigenvalue weighted by Crippen LogP contribution is -2.51. The number of rotatable bonds is 3. The monoisotopic (exact) mass is 263 g/mol. The van der Waals surface area contributed by atoms with Crippen LogP contribution in [0, 0.1) is 0 Å². The standard InChI is InChI=1S/C15H25N3O/c1-17-8-3-9-18(2)15(11-17)14(16)10-12-4-6-13(19)7-5-12/h4-7,14-15,19H,3,8-11,16H2,1-2H3. The highest BCUT2D eigenvalue weighted by Gasteiger charge is 2.26. The Morgan fingerprint density at radius 3 is 2.63 bits per heavy atom. The average Bonchev–Trinajstić information content (AvgIpc) is 2.54. The number of hydrogen-bond acceptors (Lipinski definition) is 4. The number of aromatic hydroxyl groups is 1. The Morgan fingerprint density at radius 1 is 1.26 bits per heavy atom. The molecule has 1 fully saturated rings. The molecule has 106 valence electrons. The highest BCUT2D eigenvalue weighted by atomic mass is 16.3. The molecule has 0 amide bonds. The minimum Gasteiger partial charge on any atom is -0.508 e. The van der Waals surface area contributed by atoms with Crippen molar-refractivity contribution in [3.63, 3.8) is 0 Å². The van der Waals surface area contributed by atoms with E-state index in [2.05, 4.69) is 23.9 Å². The van der Waals surface area contributed by atoms with Crippen LogP contribution in [0.1, 0.15) is 12.0 Å². The molecule has 1 saturated heterocycles. The fourth-order valence-electron chi connectivity index (χ4n) is 2.81. The summed E-state index contributed by atoms with van der Waals surface area (Å²) < 4.78 is 0. The van der Waals surface area contributed by atoms with E-state index in [9.17, 15) is 5.11 Å². The molecule has 1 aliphatic rings. The molecule has 1 aromatic carbocycles. The lowest BCUT2D eigenvalue weighted by molar-refractivity contribution is 0.195. The van der Waals surface area contributed by atoms with Crippen LogP contribution in [0.15, 0.2) is 24.3 Å². The van der Waals surface area contributed by atoms with Crippen molar-refractivity contribution in [1.29, 1.82) is 0 Å². The molecule has 2 atom stereocenters. The summed E-state index contributed by atoms with van der Waals surface area (Å²) >= 11 is 0. The first-order valence-electron chi connectivity index (χ1n) is 6.98. The number of hydrogen-bond donors (Lipinski definition) is 2. The summed E-state index contributed by atoms with van der Waals surface area (Å²) in [6.07, 6.45) is 2.05. The van der Waals surface area contributed by atoms with Crippen LogP contribution in [0.4, 0.5) is 0 Å². The highest BCUT2D eigenvalue weighted by Crippen LogP contribution is 2.15. The van der Waals surface area contributed by atoms with Crippen LogP contribution in [-0.2, 0) is 6.42 Å². The summed E-state index contributed by atoms with van der Waals surface area (Å²) in [5.74, 6) is 0.309. The summed E-state index contributed by atoms with van der Waals surface area (Å²) in [5, 5.41) is 9.31. The number of likely N-dealkylation sites (N-methyl/N-ethyl adjacent to an activating group) is 2.